The fraction of sp³-hybridized carbons (Fsp3) is 0.200. The number of benzene rings is 2. The molecule has 0 aromatic heterocycles. The number of amides is 1. The number of ether oxygens (including phenoxy) is 1. The summed E-state index contributed by atoms with van der Waals surface area (Å²) < 4.78 is 5.07. The molecule has 1 amide bonds. The lowest BCUT2D eigenvalue weighted by Gasteiger charge is -2.07. The first-order valence-corrected chi connectivity index (χ1v) is 7.70. The lowest BCUT2D eigenvalue weighted by molar-refractivity contribution is -0.112. The van der Waals surface area contributed by atoms with Crippen LogP contribution < -0.4 is 10.1 Å². The van der Waals surface area contributed by atoms with Crippen LogP contribution >= 0.6 is 0 Å². The highest BCUT2D eigenvalue weighted by Gasteiger charge is 2.10. The van der Waals surface area contributed by atoms with Crippen LogP contribution in [0.5, 0.6) is 5.75 Å². The van der Waals surface area contributed by atoms with Crippen molar-refractivity contribution in [3.8, 4) is 11.8 Å². The highest BCUT2D eigenvalue weighted by molar-refractivity contribution is 6.09. The van der Waals surface area contributed by atoms with Crippen molar-refractivity contribution in [2.24, 2.45) is 0 Å². The molecule has 122 valence electrons. The predicted octanol–water partition coefficient (Wildman–Crippen LogP) is 4.36. The number of nitrogens with one attached hydrogen (secondary N) is 1. The van der Waals surface area contributed by atoms with Crippen molar-refractivity contribution in [1.29, 1.82) is 5.26 Å². The molecule has 2 aromatic carbocycles. The van der Waals surface area contributed by atoms with Crippen molar-refractivity contribution in [3.05, 3.63) is 65.2 Å². The maximum absolute atomic E-state index is 12.2. The molecule has 0 spiro atoms. The molecule has 0 atom stereocenters. The summed E-state index contributed by atoms with van der Waals surface area (Å²) in [6.45, 7) is 4.24. The molecular formula is C20H20N2O2. The summed E-state index contributed by atoms with van der Waals surface area (Å²) in [7, 11) is 1.58. The molecule has 0 bridgehead atoms. The second-order valence-corrected chi connectivity index (χ2v) is 5.67. The molecule has 2 aromatic rings. The van der Waals surface area contributed by atoms with E-state index in [-0.39, 0.29) is 5.57 Å². The van der Waals surface area contributed by atoms with Crippen LogP contribution in [0, 0.1) is 11.3 Å². The lowest BCUT2D eigenvalue weighted by Crippen LogP contribution is -2.13. The Kier molecular flexibility index (Phi) is 5.75. The first kappa shape index (κ1) is 17.3. The third-order valence-electron chi connectivity index (χ3n) is 3.63. The van der Waals surface area contributed by atoms with Crippen molar-refractivity contribution < 1.29 is 9.53 Å². The van der Waals surface area contributed by atoms with Crippen molar-refractivity contribution >= 4 is 17.7 Å². The molecule has 0 saturated carbocycles. The number of hydrogen-bond acceptors (Lipinski definition) is 3. The van der Waals surface area contributed by atoms with Crippen LogP contribution in [0.25, 0.3) is 6.08 Å². The molecule has 0 unspecified atom stereocenters. The van der Waals surface area contributed by atoms with E-state index < -0.39 is 5.91 Å². The predicted molar refractivity (Wildman–Crippen MR) is 95.7 cm³/mol. The maximum Gasteiger partial charge on any atom is 0.266 e. The third kappa shape index (κ3) is 4.47. The largest absolute Gasteiger partial charge is 0.497 e. The van der Waals surface area contributed by atoms with E-state index >= 15 is 0 Å². The van der Waals surface area contributed by atoms with Crippen LogP contribution in [-0.2, 0) is 4.79 Å². The Bertz CT molecular complexity index is 767. The van der Waals surface area contributed by atoms with Crippen LogP contribution in [0.1, 0.15) is 30.9 Å². The van der Waals surface area contributed by atoms with Crippen molar-refractivity contribution in [1.82, 2.24) is 0 Å². The molecule has 0 aliphatic carbocycles. The van der Waals surface area contributed by atoms with Gasteiger partial charge in [0.25, 0.3) is 5.91 Å². The van der Waals surface area contributed by atoms with Crippen molar-refractivity contribution in [3.63, 3.8) is 0 Å². The van der Waals surface area contributed by atoms with E-state index in [4.69, 9.17) is 4.74 Å². The van der Waals surface area contributed by atoms with Gasteiger partial charge in [0.2, 0.25) is 0 Å². The van der Waals surface area contributed by atoms with E-state index in [2.05, 4.69) is 19.2 Å². The Balaban J connectivity index is 2.14. The van der Waals surface area contributed by atoms with Crippen molar-refractivity contribution in [2.45, 2.75) is 19.8 Å². The number of anilines is 1. The Morgan fingerprint density at radius 2 is 1.75 bits per heavy atom. The van der Waals surface area contributed by atoms with Gasteiger partial charge in [-0.1, -0.05) is 38.1 Å². The molecule has 4 heteroatoms. The number of rotatable bonds is 5. The van der Waals surface area contributed by atoms with Gasteiger partial charge in [-0.2, -0.15) is 5.26 Å². The summed E-state index contributed by atoms with van der Waals surface area (Å²) in [5.41, 5.74) is 2.70. The first-order valence-electron chi connectivity index (χ1n) is 7.70. The smallest absolute Gasteiger partial charge is 0.266 e. The van der Waals surface area contributed by atoms with Crippen molar-refractivity contribution in [2.75, 3.05) is 12.4 Å². The summed E-state index contributed by atoms with van der Waals surface area (Å²) in [5, 5.41) is 12.0. The van der Waals surface area contributed by atoms with Crippen LogP contribution in [0.4, 0.5) is 5.69 Å². The van der Waals surface area contributed by atoms with E-state index in [1.165, 1.54) is 5.56 Å². The minimum Gasteiger partial charge on any atom is -0.497 e. The van der Waals surface area contributed by atoms with Gasteiger partial charge in [-0.25, -0.2) is 0 Å². The molecule has 0 heterocycles. The van der Waals surface area contributed by atoms with Gasteiger partial charge >= 0.3 is 0 Å². The number of nitrogens with zero attached hydrogens (tertiary/aromatic N) is 1. The Morgan fingerprint density at radius 1 is 1.12 bits per heavy atom. The van der Waals surface area contributed by atoms with Gasteiger partial charge in [0.15, 0.2) is 0 Å². The molecule has 0 fully saturated rings. The summed E-state index contributed by atoms with van der Waals surface area (Å²) >= 11 is 0. The van der Waals surface area contributed by atoms with Crippen LogP contribution in [0.3, 0.4) is 0 Å². The maximum atomic E-state index is 12.2. The van der Waals surface area contributed by atoms with Gasteiger partial charge in [0.1, 0.15) is 17.4 Å². The van der Waals surface area contributed by atoms with Crippen LogP contribution in [0.2, 0.25) is 0 Å². The van der Waals surface area contributed by atoms with E-state index in [9.17, 15) is 10.1 Å². The number of methoxy groups -OCH3 is 1. The molecule has 0 radical (unpaired) electrons. The number of carbonyl (C=O) groups is 1. The molecule has 0 aliphatic heterocycles. The molecule has 0 saturated heterocycles. The molecule has 24 heavy (non-hydrogen) atoms. The fourth-order valence-electron chi connectivity index (χ4n) is 2.17. The standard InChI is InChI=1S/C20H20N2O2/c1-14(2)16-6-4-15(5-7-16)12-17(13-21)20(23)22-18-8-10-19(24-3)11-9-18/h4-12,14H,1-3H3,(H,22,23)/b17-12-. The van der Waals surface area contributed by atoms with Gasteiger partial charge in [-0.15, -0.1) is 0 Å². The van der Waals surface area contributed by atoms with Crippen LogP contribution in [0.15, 0.2) is 54.1 Å². The summed E-state index contributed by atoms with van der Waals surface area (Å²) in [6, 6.07) is 16.7. The average Bonchev–Trinajstić information content (AvgIpc) is 2.60. The monoisotopic (exact) mass is 320 g/mol. The molecular weight excluding hydrogens is 300 g/mol. The van der Waals surface area contributed by atoms with Crippen LogP contribution in [-0.4, -0.2) is 13.0 Å². The highest BCUT2D eigenvalue weighted by atomic mass is 16.5. The minimum atomic E-state index is -0.435. The van der Waals surface area contributed by atoms with Gasteiger partial charge in [-0.05, 0) is 47.4 Å². The zero-order chi connectivity index (χ0) is 17.5. The van der Waals surface area contributed by atoms with E-state index in [0.717, 1.165) is 5.56 Å². The second-order valence-electron chi connectivity index (χ2n) is 5.67. The summed E-state index contributed by atoms with van der Waals surface area (Å²) in [4.78, 5) is 12.2. The number of hydrogen-bond donors (Lipinski definition) is 1. The van der Waals surface area contributed by atoms with Gasteiger partial charge < -0.3 is 10.1 Å². The fourth-order valence-corrected chi connectivity index (χ4v) is 2.17. The summed E-state index contributed by atoms with van der Waals surface area (Å²) in [5.74, 6) is 0.710. The van der Waals surface area contributed by atoms with E-state index in [1.54, 1.807) is 37.5 Å². The third-order valence-corrected chi connectivity index (χ3v) is 3.63. The zero-order valence-electron chi connectivity index (χ0n) is 14.0. The van der Waals surface area contributed by atoms with Gasteiger partial charge in [-0.3, -0.25) is 4.79 Å². The molecule has 4 nitrogen and oxygen atoms in total. The second kappa shape index (κ2) is 7.98. The quantitative estimate of drug-likeness (QED) is 0.657. The Morgan fingerprint density at radius 3 is 2.25 bits per heavy atom. The average molecular weight is 320 g/mol. The Hall–Kier alpha value is -3.06. The highest BCUT2D eigenvalue weighted by Crippen LogP contribution is 2.18. The first-order chi connectivity index (χ1) is 11.5. The molecule has 2 rings (SSSR count). The molecule has 0 aliphatic rings. The summed E-state index contributed by atoms with van der Waals surface area (Å²) in [6.07, 6.45) is 1.59. The molecule has 1 N–H and O–H groups in total. The number of nitriles is 1. The normalized spacial score (nSPS) is 11.0. The SMILES string of the molecule is COc1ccc(NC(=O)/C(C#N)=C\c2ccc(C(C)C)cc2)cc1. The van der Waals surface area contributed by atoms with Gasteiger partial charge in [0.05, 0.1) is 7.11 Å². The van der Waals surface area contributed by atoms with E-state index in [0.29, 0.717) is 17.4 Å². The Labute approximate surface area is 142 Å². The lowest BCUT2D eigenvalue weighted by atomic mass is 10.0. The minimum absolute atomic E-state index is 0.0584. The van der Waals surface area contributed by atoms with Gasteiger partial charge in [0, 0.05) is 5.69 Å². The zero-order valence-corrected chi connectivity index (χ0v) is 14.0. The number of carbonyl (C=O) groups excluding carboxylic acids is 1. The topological polar surface area (TPSA) is 62.1 Å². The van der Waals surface area contributed by atoms with E-state index in [1.807, 2.05) is 30.3 Å².